The number of oxazole rings is 1. The van der Waals surface area contributed by atoms with Crippen molar-refractivity contribution in [2.45, 2.75) is 19.5 Å². The Morgan fingerprint density at radius 2 is 1.73 bits per heavy atom. The molecule has 0 atom stereocenters. The molecule has 1 aliphatic rings. The maximum atomic E-state index is 12.7. The van der Waals surface area contributed by atoms with Crippen molar-refractivity contribution in [3.8, 4) is 17.1 Å². The van der Waals surface area contributed by atoms with Gasteiger partial charge in [0.15, 0.2) is 12.2 Å². The van der Waals surface area contributed by atoms with Crippen LogP contribution in [-0.4, -0.2) is 71.7 Å². The monoisotopic (exact) mass is 507 g/mol. The van der Waals surface area contributed by atoms with Crippen molar-refractivity contribution in [2.75, 3.05) is 43.5 Å². The van der Waals surface area contributed by atoms with E-state index in [0.717, 1.165) is 5.69 Å². The normalized spacial score (nSPS) is 14.2. The third-order valence-electron chi connectivity index (χ3n) is 6.33. The molecule has 194 valence electrons. The van der Waals surface area contributed by atoms with Gasteiger partial charge in [0.05, 0.1) is 30.1 Å². The van der Waals surface area contributed by atoms with Crippen LogP contribution in [0.15, 0.2) is 59.5 Å². The lowest BCUT2D eigenvalue weighted by Crippen LogP contribution is -2.63. The van der Waals surface area contributed by atoms with Crippen molar-refractivity contribution >= 4 is 29.2 Å². The number of carbonyl (C=O) groups is 3. The lowest BCUT2D eigenvalue weighted by molar-refractivity contribution is -0.138. The summed E-state index contributed by atoms with van der Waals surface area (Å²) in [4.78, 5) is 44.6. The molecule has 1 aliphatic heterocycles. The molecule has 0 aliphatic carbocycles. The van der Waals surface area contributed by atoms with Crippen molar-refractivity contribution in [1.29, 1.82) is 0 Å². The summed E-state index contributed by atoms with van der Waals surface area (Å²) in [6.07, 6.45) is 2.87. The molecule has 3 aromatic rings. The van der Waals surface area contributed by atoms with Crippen molar-refractivity contribution in [2.24, 2.45) is 0 Å². The van der Waals surface area contributed by atoms with Gasteiger partial charge in [-0.25, -0.2) is 9.78 Å². The fourth-order valence-electron chi connectivity index (χ4n) is 4.26. The standard InChI is InChI=1S/C26H29N5O6/c1-26(2,31-12-10-30(11-13-31)19-7-4-17(5-8-19)25(34)35)29-24(33)23(32)28-18-6-9-20(21(14-18)36-3)22-15-27-16-37-22/h4-9,14-16H,10-13H2,1-3H3,(H,28,32)(H,29,33)(H,34,35). The van der Waals surface area contributed by atoms with Gasteiger partial charge in [0.1, 0.15) is 5.75 Å². The maximum absolute atomic E-state index is 12.7. The predicted octanol–water partition coefficient (Wildman–Crippen LogP) is 2.66. The van der Waals surface area contributed by atoms with Crippen LogP contribution in [0.3, 0.4) is 0 Å². The summed E-state index contributed by atoms with van der Waals surface area (Å²) in [6, 6.07) is 11.7. The summed E-state index contributed by atoms with van der Waals surface area (Å²) < 4.78 is 10.7. The number of hydrogen-bond donors (Lipinski definition) is 3. The number of carboxylic acids is 1. The molecule has 0 unspecified atom stereocenters. The van der Waals surface area contributed by atoms with Crippen molar-refractivity contribution < 1.29 is 28.6 Å². The minimum atomic E-state index is -0.958. The molecule has 11 heteroatoms. The van der Waals surface area contributed by atoms with Gasteiger partial charge in [-0.05, 0) is 50.2 Å². The molecule has 3 N–H and O–H groups in total. The first-order chi connectivity index (χ1) is 17.7. The van der Waals surface area contributed by atoms with Gasteiger partial charge in [-0.15, -0.1) is 0 Å². The van der Waals surface area contributed by atoms with Gasteiger partial charge in [-0.3, -0.25) is 14.5 Å². The Hall–Kier alpha value is -4.38. The number of rotatable bonds is 7. The second kappa shape index (κ2) is 10.7. The van der Waals surface area contributed by atoms with Gasteiger partial charge >= 0.3 is 17.8 Å². The number of carboxylic acid groups (broad SMARTS) is 1. The Morgan fingerprint density at radius 1 is 1.03 bits per heavy atom. The molecule has 2 heterocycles. The van der Waals surface area contributed by atoms with Crippen LogP contribution in [0.25, 0.3) is 11.3 Å². The second-order valence-electron chi connectivity index (χ2n) is 9.07. The lowest BCUT2D eigenvalue weighted by Gasteiger charge is -2.44. The zero-order chi connectivity index (χ0) is 26.6. The molecular formula is C26H29N5O6. The number of amides is 2. The van der Waals surface area contributed by atoms with E-state index in [1.54, 1.807) is 48.7 Å². The number of ether oxygens (including phenoxy) is 1. The molecule has 1 aromatic heterocycles. The summed E-state index contributed by atoms with van der Waals surface area (Å²) in [6.45, 7) is 6.38. The van der Waals surface area contributed by atoms with Crippen LogP contribution >= 0.6 is 0 Å². The molecule has 0 radical (unpaired) electrons. The largest absolute Gasteiger partial charge is 0.496 e. The number of anilines is 2. The first kappa shape index (κ1) is 25.7. The molecule has 11 nitrogen and oxygen atoms in total. The average Bonchev–Trinajstić information content (AvgIpc) is 3.43. The summed E-state index contributed by atoms with van der Waals surface area (Å²) in [5, 5.41) is 14.5. The van der Waals surface area contributed by atoms with Gasteiger partial charge in [-0.1, -0.05) is 0 Å². The van der Waals surface area contributed by atoms with Gasteiger partial charge < -0.3 is 29.8 Å². The third-order valence-corrected chi connectivity index (χ3v) is 6.33. The van der Waals surface area contributed by atoms with Crippen LogP contribution in [0.5, 0.6) is 5.75 Å². The van der Waals surface area contributed by atoms with Crippen LogP contribution < -0.4 is 20.3 Å². The van der Waals surface area contributed by atoms with E-state index >= 15 is 0 Å². The molecule has 0 bridgehead atoms. The molecule has 37 heavy (non-hydrogen) atoms. The zero-order valence-corrected chi connectivity index (χ0v) is 20.9. The van der Waals surface area contributed by atoms with E-state index in [1.165, 1.54) is 13.5 Å². The third kappa shape index (κ3) is 5.89. The topological polar surface area (TPSA) is 137 Å². The number of methoxy groups -OCH3 is 1. The first-order valence-electron chi connectivity index (χ1n) is 11.7. The molecule has 0 saturated carbocycles. The maximum Gasteiger partial charge on any atom is 0.335 e. The van der Waals surface area contributed by atoms with E-state index in [1.807, 2.05) is 13.8 Å². The Morgan fingerprint density at radius 3 is 2.32 bits per heavy atom. The van der Waals surface area contributed by atoms with Gasteiger partial charge in [0.2, 0.25) is 0 Å². The number of piperazine rings is 1. The number of carbonyl (C=O) groups excluding carboxylic acids is 2. The van der Waals surface area contributed by atoms with Gasteiger partial charge in [0, 0.05) is 43.6 Å². The smallest absolute Gasteiger partial charge is 0.335 e. The van der Waals surface area contributed by atoms with Crippen molar-refractivity contribution in [1.82, 2.24) is 15.2 Å². The highest BCUT2D eigenvalue weighted by molar-refractivity contribution is 6.39. The SMILES string of the molecule is COc1cc(NC(=O)C(=O)NC(C)(C)N2CCN(c3ccc(C(=O)O)cc3)CC2)ccc1-c1cnco1. The minimum Gasteiger partial charge on any atom is -0.496 e. The van der Waals surface area contributed by atoms with Crippen LogP contribution in [0.1, 0.15) is 24.2 Å². The van der Waals surface area contributed by atoms with E-state index in [-0.39, 0.29) is 5.56 Å². The van der Waals surface area contributed by atoms with Crippen LogP contribution in [-0.2, 0) is 9.59 Å². The average molecular weight is 508 g/mol. The molecule has 2 amide bonds. The Kier molecular flexibility index (Phi) is 7.44. The highest BCUT2D eigenvalue weighted by Gasteiger charge is 2.33. The number of aromatic carboxylic acids is 1. The molecule has 1 fully saturated rings. The number of benzene rings is 2. The number of nitrogens with one attached hydrogen (secondary N) is 2. The van der Waals surface area contributed by atoms with E-state index in [4.69, 9.17) is 14.3 Å². The van der Waals surface area contributed by atoms with Crippen molar-refractivity contribution in [3.05, 3.63) is 60.6 Å². The summed E-state index contributed by atoms with van der Waals surface area (Å²) >= 11 is 0. The fourth-order valence-corrected chi connectivity index (χ4v) is 4.26. The van der Waals surface area contributed by atoms with E-state index in [2.05, 4.69) is 25.4 Å². The van der Waals surface area contributed by atoms with Crippen molar-refractivity contribution in [3.63, 3.8) is 0 Å². The Labute approximate surface area is 214 Å². The van der Waals surface area contributed by atoms with Crippen LogP contribution in [0.4, 0.5) is 11.4 Å². The fraction of sp³-hybridized carbons (Fsp3) is 0.308. The lowest BCUT2D eigenvalue weighted by atomic mass is 10.1. The number of hydrogen-bond acceptors (Lipinski definition) is 8. The Bertz CT molecular complexity index is 1270. The van der Waals surface area contributed by atoms with Crippen LogP contribution in [0.2, 0.25) is 0 Å². The summed E-state index contributed by atoms with van der Waals surface area (Å²) in [5.41, 5.74) is 1.49. The van der Waals surface area contributed by atoms with Gasteiger partial charge in [0.25, 0.3) is 0 Å². The van der Waals surface area contributed by atoms with Crippen LogP contribution in [0, 0.1) is 0 Å². The summed E-state index contributed by atoms with van der Waals surface area (Å²) in [5.74, 6) is -1.52. The molecule has 1 saturated heterocycles. The molecule has 2 aromatic carbocycles. The predicted molar refractivity (Wildman–Crippen MR) is 137 cm³/mol. The quantitative estimate of drug-likeness (QED) is 0.412. The second-order valence-corrected chi connectivity index (χ2v) is 9.07. The van der Waals surface area contributed by atoms with E-state index < -0.39 is 23.4 Å². The molecule has 0 spiro atoms. The van der Waals surface area contributed by atoms with Gasteiger partial charge in [-0.2, -0.15) is 0 Å². The zero-order valence-electron chi connectivity index (χ0n) is 20.9. The van der Waals surface area contributed by atoms with E-state index in [9.17, 15) is 14.4 Å². The van der Waals surface area contributed by atoms with E-state index in [0.29, 0.717) is 48.9 Å². The highest BCUT2D eigenvalue weighted by Crippen LogP contribution is 2.32. The summed E-state index contributed by atoms with van der Waals surface area (Å²) in [7, 11) is 1.50. The number of nitrogens with zero attached hydrogens (tertiary/aromatic N) is 3. The molecule has 4 rings (SSSR count). The first-order valence-corrected chi connectivity index (χ1v) is 11.7. The molecular weight excluding hydrogens is 478 g/mol. The number of aromatic nitrogens is 1. The Balaban J connectivity index is 1.33. The highest BCUT2D eigenvalue weighted by atomic mass is 16.5. The minimum absolute atomic E-state index is 0.244.